The Morgan fingerprint density at radius 1 is 1.46 bits per heavy atom. The third kappa shape index (κ3) is 3.58. The number of nitrogens with zero attached hydrogens (tertiary/aromatic N) is 4. The molecule has 0 saturated heterocycles. The predicted molar refractivity (Wildman–Crippen MR) is 100.0 cm³/mol. The Bertz CT molecular complexity index is 799. The lowest BCUT2D eigenvalue weighted by atomic mass is 10.1. The summed E-state index contributed by atoms with van der Waals surface area (Å²) in [6.07, 6.45) is 0.654. The smallest absolute Gasteiger partial charge is 0.317 e. The van der Waals surface area contributed by atoms with Crippen LogP contribution in [0.1, 0.15) is 32.7 Å². The number of carbonyl (C=O) groups excluding carboxylic acids is 2. The van der Waals surface area contributed by atoms with Crippen LogP contribution in [0.3, 0.4) is 0 Å². The maximum Gasteiger partial charge on any atom is 0.317 e. The second-order valence-electron chi connectivity index (χ2n) is 6.61. The zero-order valence-electron chi connectivity index (χ0n) is 15.2. The molecule has 0 aliphatic carbocycles. The second-order valence-corrected chi connectivity index (χ2v) is 7.59. The molecule has 140 valence electrons. The summed E-state index contributed by atoms with van der Waals surface area (Å²) in [7, 11) is 5.79. The van der Waals surface area contributed by atoms with Crippen LogP contribution >= 0.6 is 11.3 Å². The summed E-state index contributed by atoms with van der Waals surface area (Å²) in [5, 5.41) is 9.25. The van der Waals surface area contributed by atoms with Crippen molar-refractivity contribution in [1.29, 1.82) is 0 Å². The van der Waals surface area contributed by atoms with Gasteiger partial charge in [0.2, 0.25) is 0 Å². The molecule has 9 heteroatoms. The number of fused-ring (bicyclic) bond motifs is 1. The zero-order valence-corrected chi connectivity index (χ0v) is 16.0. The monoisotopic (exact) mass is 376 g/mol. The van der Waals surface area contributed by atoms with Crippen molar-refractivity contribution in [2.45, 2.75) is 19.0 Å². The molecule has 0 radical (unpaired) electrons. The van der Waals surface area contributed by atoms with Crippen molar-refractivity contribution >= 4 is 23.3 Å². The molecule has 2 aromatic heterocycles. The first-order chi connectivity index (χ1) is 12.4. The van der Waals surface area contributed by atoms with E-state index in [2.05, 4.69) is 21.4 Å². The molecular formula is C17H24N6O2S. The van der Waals surface area contributed by atoms with Crippen molar-refractivity contribution in [3.05, 3.63) is 39.3 Å². The van der Waals surface area contributed by atoms with Crippen LogP contribution in [-0.4, -0.2) is 58.7 Å². The van der Waals surface area contributed by atoms with Gasteiger partial charge in [-0.3, -0.25) is 9.48 Å². The summed E-state index contributed by atoms with van der Waals surface area (Å²) in [5.41, 5.74) is 7.39. The highest BCUT2D eigenvalue weighted by Crippen LogP contribution is 2.24. The van der Waals surface area contributed by atoms with Gasteiger partial charge in [-0.2, -0.15) is 5.10 Å². The highest BCUT2D eigenvalue weighted by Gasteiger charge is 2.29. The Morgan fingerprint density at radius 3 is 2.85 bits per heavy atom. The first kappa shape index (κ1) is 18.4. The van der Waals surface area contributed by atoms with Crippen molar-refractivity contribution in [3.8, 4) is 0 Å². The molecule has 3 heterocycles. The first-order valence-electron chi connectivity index (χ1n) is 8.45. The fourth-order valence-corrected chi connectivity index (χ4v) is 4.20. The van der Waals surface area contributed by atoms with E-state index in [4.69, 9.17) is 5.73 Å². The lowest BCUT2D eigenvalue weighted by molar-refractivity contribution is 0.0992. The van der Waals surface area contributed by atoms with Gasteiger partial charge in [-0.25, -0.2) is 4.79 Å². The van der Waals surface area contributed by atoms with Crippen LogP contribution in [0.5, 0.6) is 0 Å². The van der Waals surface area contributed by atoms with E-state index in [9.17, 15) is 9.59 Å². The quantitative estimate of drug-likeness (QED) is 0.812. The number of carbonyl (C=O) groups is 2. The molecule has 8 nitrogen and oxygen atoms in total. The predicted octanol–water partition coefficient (Wildman–Crippen LogP) is 0.951. The fourth-order valence-electron chi connectivity index (χ4n) is 3.28. The van der Waals surface area contributed by atoms with Gasteiger partial charge in [-0.1, -0.05) is 6.07 Å². The number of likely N-dealkylation sites (N-methyl/N-ethyl adjacent to an activating group) is 1. The molecule has 1 unspecified atom stereocenters. The number of rotatable bonds is 5. The van der Waals surface area contributed by atoms with Crippen LogP contribution < -0.4 is 11.1 Å². The summed E-state index contributed by atoms with van der Waals surface area (Å²) in [6, 6.07) is 4.07. The summed E-state index contributed by atoms with van der Waals surface area (Å²) >= 11 is 1.68. The second kappa shape index (κ2) is 7.46. The lowest BCUT2D eigenvalue weighted by Gasteiger charge is -2.29. The van der Waals surface area contributed by atoms with Gasteiger partial charge in [0.1, 0.15) is 0 Å². The van der Waals surface area contributed by atoms with Crippen molar-refractivity contribution in [2.75, 3.05) is 27.2 Å². The minimum absolute atomic E-state index is 0.124. The molecular weight excluding hydrogens is 352 g/mol. The van der Waals surface area contributed by atoms with Crippen LogP contribution in [0, 0.1) is 0 Å². The van der Waals surface area contributed by atoms with Crippen molar-refractivity contribution in [2.24, 2.45) is 12.8 Å². The average Bonchev–Trinajstić information content (AvgIpc) is 3.23. The van der Waals surface area contributed by atoms with E-state index in [1.807, 2.05) is 25.5 Å². The zero-order chi connectivity index (χ0) is 18.8. The number of nitrogens with two attached hydrogens (primary N) is 1. The van der Waals surface area contributed by atoms with Gasteiger partial charge in [0.15, 0.2) is 5.69 Å². The maximum absolute atomic E-state index is 12.6. The van der Waals surface area contributed by atoms with Gasteiger partial charge in [0.05, 0.1) is 12.6 Å². The summed E-state index contributed by atoms with van der Waals surface area (Å²) in [5.74, 6) is -0.561. The number of primary amides is 1. The number of aromatic nitrogens is 2. The van der Waals surface area contributed by atoms with Gasteiger partial charge >= 0.3 is 6.03 Å². The molecule has 1 aliphatic rings. The molecule has 0 aromatic carbocycles. The Balaban J connectivity index is 1.67. The third-order valence-corrected chi connectivity index (χ3v) is 5.68. The molecule has 3 N–H and O–H groups in total. The maximum atomic E-state index is 12.6. The summed E-state index contributed by atoms with van der Waals surface area (Å²) in [6.45, 7) is 1.45. The van der Waals surface area contributed by atoms with Crippen LogP contribution in [0.4, 0.5) is 4.79 Å². The Hall–Kier alpha value is -2.39. The number of hydrogen-bond acceptors (Lipinski definition) is 5. The number of nitrogens with one attached hydrogen (secondary N) is 1. The summed E-state index contributed by atoms with van der Waals surface area (Å²) in [4.78, 5) is 29.3. The average molecular weight is 376 g/mol. The molecule has 1 aliphatic heterocycles. The molecule has 0 saturated carbocycles. The number of thiophene rings is 1. The van der Waals surface area contributed by atoms with E-state index in [1.165, 1.54) is 4.88 Å². The van der Waals surface area contributed by atoms with Crippen LogP contribution in [0.2, 0.25) is 0 Å². The molecule has 2 aromatic rings. The normalized spacial score (nSPS) is 15.0. The Morgan fingerprint density at radius 2 is 2.23 bits per heavy atom. The summed E-state index contributed by atoms with van der Waals surface area (Å²) < 4.78 is 1.68. The van der Waals surface area contributed by atoms with E-state index >= 15 is 0 Å². The van der Waals surface area contributed by atoms with Gasteiger partial charge in [0, 0.05) is 42.7 Å². The van der Waals surface area contributed by atoms with Crippen LogP contribution in [0.25, 0.3) is 0 Å². The minimum atomic E-state index is -0.561. The highest BCUT2D eigenvalue weighted by atomic mass is 32.1. The topological polar surface area (TPSA) is 96.5 Å². The molecule has 0 spiro atoms. The van der Waals surface area contributed by atoms with Gasteiger partial charge in [-0.05, 0) is 25.5 Å². The number of hydrogen-bond donors (Lipinski definition) is 2. The highest BCUT2D eigenvalue weighted by molar-refractivity contribution is 7.10. The van der Waals surface area contributed by atoms with E-state index < -0.39 is 5.91 Å². The third-order valence-electron chi connectivity index (χ3n) is 4.70. The standard InChI is InChI=1S/C17H24N6O2S/c1-21(2)13(14-5-4-8-26-14)9-19-17(25)23-7-6-12-11(10-23)15(16(18)24)20-22(12)3/h4-5,8,13H,6-7,9-10H2,1-3H3,(H2,18,24)(H,19,25). The fraction of sp³-hybridized carbons (Fsp3) is 0.471. The SMILES string of the molecule is CN(C)C(CNC(=O)N1CCc2c(c(C(N)=O)nn2C)C1)c1cccs1. The van der Waals surface area contributed by atoms with Crippen LogP contribution in [-0.2, 0) is 20.0 Å². The first-order valence-corrected chi connectivity index (χ1v) is 9.33. The molecule has 1 atom stereocenters. The number of aryl methyl sites for hydroxylation is 1. The van der Waals surface area contributed by atoms with Crippen LogP contribution in [0.15, 0.2) is 17.5 Å². The molecule has 26 heavy (non-hydrogen) atoms. The van der Waals surface area contributed by atoms with Crippen molar-refractivity contribution in [1.82, 2.24) is 24.9 Å². The van der Waals surface area contributed by atoms with E-state index in [-0.39, 0.29) is 17.8 Å². The van der Waals surface area contributed by atoms with E-state index in [1.54, 1.807) is 28.0 Å². The Labute approximate surface area is 156 Å². The number of urea groups is 1. The minimum Gasteiger partial charge on any atom is -0.364 e. The van der Waals surface area contributed by atoms with E-state index in [0.717, 1.165) is 11.3 Å². The van der Waals surface area contributed by atoms with Gasteiger partial charge in [-0.15, -0.1) is 11.3 Å². The largest absolute Gasteiger partial charge is 0.364 e. The Kier molecular flexibility index (Phi) is 5.28. The molecule has 3 rings (SSSR count). The molecule has 0 bridgehead atoms. The van der Waals surface area contributed by atoms with E-state index in [0.29, 0.717) is 26.1 Å². The molecule has 0 fully saturated rings. The van der Waals surface area contributed by atoms with Crippen molar-refractivity contribution in [3.63, 3.8) is 0 Å². The number of amides is 3. The van der Waals surface area contributed by atoms with Crippen molar-refractivity contribution < 1.29 is 9.59 Å². The lowest BCUT2D eigenvalue weighted by Crippen LogP contribution is -2.45. The van der Waals surface area contributed by atoms with Gasteiger partial charge < -0.3 is 20.9 Å². The van der Waals surface area contributed by atoms with Gasteiger partial charge in [0.25, 0.3) is 5.91 Å². The molecule has 3 amide bonds.